The van der Waals surface area contributed by atoms with Gasteiger partial charge in [-0.2, -0.15) is 26.3 Å². The Labute approximate surface area is 231 Å². The molecule has 3 aromatic rings. The van der Waals surface area contributed by atoms with Crippen LogP contribution in [0.2, 0.25) is 0 Å². The third-order valence-corrected chi connectivity index (χ3v) is 7.03. The number of rotatable bonds is 6. The topological polar surface area (TPSA) is 51.7 Å². The number of amides is 1. The average molecular weight is 585 g/mol. The number of aromatic nitrogens is 1. The van der Waals surface area contributed by atoms with Gasteiger partial charge in [-0.25, -0.2) is 9.18 Å². The van der Waals surface area contributed by atoms with Crippen LogP contribution in [0.3, 0.4) is 0 Å². The summed E-state index contributed by atoms with van der Waals surface area (Å²) in [6.07, 6.45) is -10.9. The first-order valence-corrected chi connectivity index (χ1v) is 12.6. The van der Waals surface area contributed by atoms with Crippen LogP contribution >= 0.6 is 0 Å². The number of nitrogens with zero attached hydrogens (tertiary/aromatic N) is 2. The van der Waals surface area contributed by atoms with Gasteiger partial charge >= 0.3 is 18.4 Å². The largest absolute Gasteiger partial charge is 0.496 e. The number of ether oxygens (including phenoxy) is 2. The minimum Gasteiger partial charge on any atom is -0.496 e. The molecular formula is C29H27F7N2O3. The minimum atomic E-state index is -5.05. The molecule has 0 spiro atoms. The van der Waals surface area contributed by atoms with E-state index < -0.39 is 53.1 Å². The summed E-state index contributed by atoms with van der Waals surface area (Å²) in [5.74, 6) is -0.400. The number of carbonyl (C=O) groups is 1. The Hall–Kier alpha value is -3.83. The zero-order valence-corrected chi connectivity index (χ0v) is 22.7. The van der Waals surface area contributed by atoms with Crippen molar-refractivity contribution in [3.63, 3.8) is 0 Å². The first-order chi connectivity index (χ1) is 19.0. The van der Waals surface area contributed by atoms with Gasteiger partial charge in [-0.15, -0.1) is 0 Å². The molecule has 1 aliphatic rings. The van der Waals surface area contributed by atoms with Crippen molar-refractivity contribution < 1.29 is 45.0 Å². The van der Waals surface area contributed by atoms with E-state index in [0.717, 1.165) is 0 Å². The predicted octanol–water partition coefficient (Wildman–Crippen LogP) is 8.45. The molecule has 1 aromatic heterocycles. The molecule has 1 aliphatic heterocycles. The number of pyridine rings is 1. The molecule has 2 aromatic carbocycles. The molecule has 0 radical (unpaired) electrons. The lowest BCUT2D eigenvalue weighted by Crippen LogP contribution is -2.31. The van der Waals surface area contributed by atoms with Crippen LogP contribution in [-0.4, -0.2) is 29.1 Å². The SMILES string of the molecule is COc1cc(F)c(C(C)C)cc1-c1cnc(C)cc1CN1C(=O)O[C@H](c2cc(C(F)(F)F)cc(C(F)(F)F)c2)[C@@H]1C. The lowest BCUT2D eigenvalue weighted by molar-refractivity contribution is -0.143. The van der Waals surface area contributed by atoms with E-state index in [1.807, 2.05) is 13.8 Å². The van der Waals surface area contributed by atoms with Crippen molar-refractivity contribution >= 4 is 6.09 Å². The predicted molar refractivity (Wildman–Crippen MR) is 136 cm³/mol. The molecule has 1 saturated heterocycles. The van der Waals surface area contributed by atoms with E-state index in [4.69, 9.17) is 9.47 Å². The lowest BCUT2D eigenvalue weighted by atomic mass is 9.93. The first kappa shape index (κ1) is 30.1. The Kier molecular flexibility index (Phi) is 7.99. The molecule has 2 atom stereocenters. The van der Waals surface area contributed by atoms with Gasteiger partial charge < -0.3 is 9.47 Å². The molecular weight excluding hydrogens is 557 g/mol. The third-order valence-electron chi connectivity index (χ3n) is 7.03. The molecule has 0 aliphatic carbocycles. The number of alkyl halides is 6. The number of carbonyl (C=O) groups excluding carboxylic acids is 1. The minimum absolute atomic E-state index is 0.0240. The van der Waals surface area contributed by atoms with Crippen molar-refractivity contribution in [2.75, 3.05) is 7.11 Å². The van der Waals surface area contributed by atoms with Crippen molar-refractivity contribution in [1.29, 1.82) is 0 Å². The summed E-state index contributed by atoms with van der Waals surface area (Å²) in [5, 5.41) is 0. The summed E-state index contributed by atoms with van der Waals surface area (Å²) in [4.78, 5) is 18.5. The van der Waals surface area contributed by atoms with Gasteiger partial charge in [-0.3, -0.25) is 9.88 Å². The highest BCUT2D eigenvalue weighted by Gasteiger charge is 2.43. The summed E-state index contributed by atoms with van der Waals surface area (Å²) >= 11 is 0. The molecule has 0 N–H and O–H groups in total. The molecule has 0 saturated carbocycles. The second kappa shape index (κ2) is 10.9. The van der Waals surface area contributed by atoms with Gasteiger partial charge in [0.2, 0.25) is 0 Å². The van der Waals surface area contributed by atoms with Gasteiger partial charge in [-0.05, 0) is 66.8 Å². The Morgan fingerprint density at radius 1 is 0.976 bits per heavy atom. The molecule has 1 amide bonds. The van der Waals surface area contributed by atoms with Crippen LogP contribution in [0.1, 0.15) is 66.3 Å². The molecule has 41 heavy (non-hydrogen) atoms. The van der Waals surface area contributed by atoms with Crippen molar-refractivity contribution in [3.8, 4) is 16.9 Å². The molecule has 12 heteroatoms. The standard InChI is InChI=1S/C29H27F7N2O3/c1-14(2)21-10-22(25(40-5)11-24(21)30)23-12-37-15(3)6-18(23)13-38-16(4)26(41-27(38)39)17-7-19(28(31,32)33)9-20(8-17)29(34,35)36/h6-12,14,16,26H,13H2,1-5H3/t16-,26-/m0/s1. The second-order valence-electron chi connectivity index (χ2n) is 10.2. The van der Waals surface area contributed by atoms with E-state index in [1.54, 1.807) is 19.1 Å². The van der Waals surface area contributed by atoms with Crippen molar-refractivity contribution in [2.24, 2.45) is 0 Å². The maximum Gasteiger partial charge on any atom is 0.416 e. The highest BCUT2D eigenvalue weighted by atomic mass is 19.4. The fourth-order valence-electron chi connectivity index (χ4n) is 4.87. The summed E-state index contributed by atoms with van der Waals surface area (Å²) in [6, 6.07) is 4.78. The highest BCUT2D eigenvalue weighted by Crippen LogP contribution is 2.42. The van der Waals surface area contributed by atoms with Crippen LogP contribution in [0.5, 0.6) is 5.75 Å². The number of halogens is 7. The Morgan fingerprint density at radius 2 is 1.59 bits per heavy atom. The summed E-state index contributed by atoms with van der Waals surface area (Å²) < 4.78 is 106. The quantitative estimate of drug-likeness (QED) is 0.273. The normalized spacial score (nSPS) is 17.8. The van der Waals surface area contributed by atoms with Gasteiger partial charge in [0.1, 0.15) is 17.7 Å². The number of benzene rings is 2. The van der Waals surface area contributed by atoms with Crippen molar-refractivity contribution in [3.05, 3.63) is 81.9 Å². The molecule has 0 unspecified atom stereocenters. The fourth-order valence-corrected chi connectivity index (χ4v) is 4.87. The summed E-state index contributed by atoms with van der Waals surface area (Å²) in [7, 11) is 1.38. The fraction of sp³-hybridized carbons (Fsp3) is 0.379. The van der Waals surface area contributed by atoms with E-state index >= 15 is 0 Å². The zero-order chi connectivity index (χ0) is 30.4. The van der Waals surface area contributed by atoms with E-state index in [9.17, 15) is 35.5 Å². The summed E-state index contributed by atoms with van der Waals surface area (Å²) in [5.41, 5.74) is -0.864. The number of cyclic esters (lactones) is 1. The number of aryl methyl sites for hydroxylation is 1. The number of hydrogen-bond acceptors (Lipinski definition) is 4. The van der Waals surface area contributed by atoms with Crippen molar-refractivity contribution in [2.45, 2.75) is 64.7 Å². The van der Waals surface area contributed by atoms with Crippen LogP contribution < -0.4 is 4.74 Å². The van der Waals surface area contributed by atoms with Gasteiger partial charge in [0.05, 0.1) is 30.8 Å². The van der Waals surface area contributed by atoms with Gasteiger partial charge in [-0.1, -0.05) is 13.8 Å². The van der Waals surface area contributed by atoms with Crippen LogP contribution in [0.25, 0.3) is 11.1 Å². The molecule has 220 valence electrons. The maximum atomic E-state index is 14.7. The van der Waals surface area contributed by atoms with Gasteiger partial charge in [0, 0.05) is 29.1 Å². The van der Waals surface area contributed by atoms with E-state index in [1.165, 1.54) is 31.2 Å². The second-order valence-corrected chi connectivity index (χ2v) is 10.2. The maximum absolute atomic E-state index is 14.7. The average Bonchev–Trinajstić information content (AvgIpc) is 3.15. The Bertz CT molecular complexity index is 1440. The third kappa shape index (κ3) is 6.11. The smallest absolute Gasteiger partial charge is 0.416 e. The van der Waals surface area contributed by atoms with E-state index in [-0.39, 0.29) is 24.3 Å². The van der Waals surface area contributed by atoms with E-state index in [2.05, 4.69) is 4.98 Å². The lowest BCUT2D eigenvalue weighted by Gasteiger charge is -2.24. The summed E-state index contributed by atoms with van der Waals surface area (Å²) in [6.45, 7) is 6.72. The van der Waals surface area contributed by atoms with Crippen LogP contribution in [0.4, 0.5) is 35.5 Å². The van der Waals surface area contributed by atoms with Crippen molar-refractivity contribution in [1.82, 2.24) is 9.88 Å². The van der Waals surface area contributed by atoms with Crippen LogP contribution in [-0.2, 0) is 23.6 Å². The van der Waals surface area contributed by atoms with Gasteiger partial charge in [0.15, 0.2) is 0 Å². The van der Waals surface area contributed by atoms with Gasteiger partial charge in [0.25, 0.3) is 0 Å². The van der Waals surface area contributed by atoms with Crippen LogP contribution in [0.15, 0.2) is 42.6 Å². The molecule has 0 bridgehead atoms. The van der Waals surface area contributed by atoms with Crippen LogP contribution in [0, 0.1) is 12.7 Å². The molecule has 2 heterocycles. The number of hydrogen-bond donors (Lipinski definition) is 0. The zero-order valence-electron chi connectivity index (χ0n) is 22.7. The Balaban J connectivity index is 1.75. The molecule has 1 fully saturated rings. The molecule has 5 nitrogen and oxygen atoms in total. The highest BCUT2D eigenvalue weighted by molar-refractivity contribution is 5.76. The van der Waals surface area contributed by atoms with E-state index in [0.29, 0.717) is 40.1 Å². The number of methoxy groups -OCH3 is 1. The Morgan fingerprint density at radius 3 is 2.12 bits per heavy atom. The monoisotopic (exact) mass is 584 g/mol. The first-order valence-electron chi connectivity index (χ1n) is 12.6. The molecule has 4 rings (SSSR count).